The second-order valence-electron chi connectivity index (χ2n) is 8.55. The highest BCUT2D eigenvalue weighted by Gasteiger charge is 2.44. The van der Waals surface area contributed by atoms with E-state index >= 15 is 0 Å². The van der Waals surface area contributed by atoms with Gasteiger partial charge in [-0.15, -0.1) is 0 Å². The molecule has 2 heterocycles. The third kappa shape index (κ3) is 5.87. The number of piperazine rings is 1. The Hall–Kier alpha value is -2.23. The van der Waals surface area contributed by atoms with Crippen LogP contribution in [-0.4, -0.2) is 84.0 Å². The predicted molar refractivity (Wildman–Crippen MR) is 141 cm³/mol. The lowest BCUT2D eigenvalue weighted by Gasteiger charge is -2.34. The molecule has 0 aliphatic carbocycles. The zero-order valence-corrected chi connectivity index (χ0v) is 21.2. The van der Waals surface area contributed by atoms with Crippen molar-refractivity contribution in [3.63, 3.8) is 0 Å². The minimum Gasteiger partial charge on any atom is -0.335 e. The Kier molecular flexibility index (Phi) is 8.06. The topological polar surface area (TPSA) is 59.1 Å². The minimum absolute atomic E-state index is 0.00553. The first-order valence-corrected chi connectivity index (χ1v) is 12.3. The van der Waals surface area contributed by atoms with E-state index in [0.717, 1.165) is 32.7 Å². The van der Waals surface area contributed by atoms with Gasteiger partial charge in [0.15, 0.2) is 5.11 Å². The van der Waals surface area contributed by atoms with Gasteiger partial charge in [0.1, 0.15) is 6.04 Å². The minimum atomic E-state index is -0.678. The molecule has 0 unspecified atom stereocenters. The quantitative estimate of drug-likeness (QED) is 0.564. The van der Waals surface area contributed by atoms with Crippen LogP contribution in [0.15, 0.2) is 48.5 Å². The first-order valence-electron chi connectivity index (χ1n) is 11.2. The molecular weight excluding hydrogens is 493 g/mol. The van der Waals surface area contributed by atoms with E-state index in [-0.39, 0.29) is 18.2 Å². The number of thiocarbonyl (C=S) groups is 1. The first kappa shape index (κ1) is 24.9. The summed E-state index contributed by atoms with van der Waals surface area (Å²) in [6.07, 6.45) is -0.00553. The van der Waals surface area contributed by atoms with Crippen molar-refractivity contribution in [2.45, 2.75) is 12.5 Å². The second kappa shape index (κ2) is 11.0. The summed E-state index contributed by atoms with van der Waals surface area (Å²) >= 11 is 17.7. The Labute approximate surface area is 215 Å². The fourth-order valence-corrected chi connectivity index (χ4v) is 4.82. The number of nitrogens with zero attached hydrogens (tertiary/aromatic N) is 4. The number of hydrogen-bond acceptors (Lipinski definition) is 5. The molecule has 10 heteroatoms. The fourth-order valence-electron chi connectivity index (χ4n) is 4.16. The van der Waals surface area contributed by atoms with Crippen LogP contribution >= 0.6 is 35.4 Å². The third-order valence-electron chi connectivity index (χ3n) is 6.16. The van der Waals surface area contributed by atoms with Crippen LogP contribution in [0.2, 0.25) is 10.0 Å². The molecule has 1 atom stereocenters. The molecule has 0 saturated carbocycles. The van der Waals surface area contributed by atoms with Crippen molar-refractivity contribution in [3.8, 4) is 0 Å². The molecule has 2 amide bonds. The van der Waals surface area contributed by atoms with Crippen molar-refractivity contribution < 1.29 is 9.59 Å². The molecule has 2 saturated heterocycles. The van der Waals surface area contributed by atoms with Gasteiger partial charge >= 0.3 is 0 Å². The van der Waals surface area contributed by atoms with Crippen LogP contribution in [0, 0.1) is 0 Å². The normalized spacial score (nSPS) is 19.7. The number of carbonyl (C=O) groups excluding carboxylic acids is 2. The number of likely N-dealkylation sites (N-methyl/N-ethyl adjacent to an activating group) is 1. The van der Waals surface area contributed by atoms with Crippen LogP contribution in [0.25, 0.3) is 0 Å². The van der Waals surface area contributed by atoms with E-state index in [4.69, 9.17) is 35.4 Å². The maximum Gasteiger partial charge on any atom is 0.256 e. The van der Waals surface area contributed by atoms with Gasteiger partial charge in [0.2, 0.25) is 5.91 Å². The summed E-state index contributed by atoms with van der Waals surface area (Å²) in [5.41, 5.74) is 1.27. The molecule has 2 aromatic carbocycles. The zero-order chi connectivity index (χ0) is 24.2. The summed E-state index contributed by atoms with van der Waals surface area (Å²) in [6.45, 7) is 5.28. The van der Waals surface area contributed by atoms with E-state index in [0.29, 0.717) is 33.1 Å². The average molecular weight is 520 g/mol. The monoisotopic (exact) mass is 519 g/mol. The summed E-state index contributed by atoms with van der Waals surface area (Å²) in [5, 5.41) is 4.42. The van der Waals surface area contributed by atoms with Gasteiger partial charge in [0.25, 0.3) is 5.91 Å². The molecule has 4 rings (SSSR count). The number of hydrogen-bond donors (Lipinski definition) is 1. The standard InChI is InChI=1S/C24H27Cl2N5O2S/c1-28-10-12-29(13-11-28)14-15-30-21(16-22(32)27-19-6-2-17(25)3-7-19)23(33)31(24(30)34)20-8-4-18(26)5-9-20/h2-9,21H,10-16H2,1H3,(H,27,32)/t21-/m1/s1. The van der Waals surface area contributed by atoms with Crippen molar-refractivity contribution in [2.75, 3.05) is 56.5 Å². The molecule has 0 spiro atoms. The first-order chi connectivity index (χ1) is 16.3. The van der Waals surface area contributed by atoms with Crippen LogP contribution in [-0.2, 0) is 9.59 Å². The molecule has 180 valence electrons. The lowest BCUT2D eigenvalue weighted by molar-refractivity contribution is -0.124. The number of rotatable bonds is 7. The van der Waals surface area contributed by atoms with Crippen molar-refractivity contribution in [3.05, 3.63) is 58.6 Å². The number of halogens is 2. The van der Waals surface area contributed by atoms with Crippen molar-refractivity contribution in [1.82, 2.24) is 14.7 Å². The number of nitrogens with one attached hydrogen (secondary N) is 1. The van der Waals surface area contributed by atoms with Gasteiger partial charge in [-0.1, -0.05) is 23.2 Å². The molecule has 0 aromatic heterocycles. The second-order valence-corrected chi connectivity index (χ2v) is 9.78. The van der Waals surface area contributed by atoms with Gasteiger partial charge < -0.3 is 15.1 Å². The van der Waals surface area contributed by atoms with Crippen molar-refractivity contribution >= 4 is 63.7 Å². The number of anilines is 2. The van der Waals surface area contributed by atoms with Gasteiger partial charge in [-0.25, -0.2) is 0 Å². The highest BCUT2D eigenvalue weighted by atomic mass is 35.5. The highest BCUT2D eigenvalue weighted by Crippen LogP contribution is 2.28. The molecular formula is C24H27Cl2N5O2S. The summed E-state index contributed by atoms with van der Waals surface area (Å²) in [7, 11) is 2.12. The average Bonchev–Trinajstić information content (AvgIpc) is 3.04. The molecule has 0 bridgehead atoms. The molecule has 0 radical (unpaired) electrons. The van der Waals surface area contributed by atoms with E-state index in [1.165, 1.54) is 4.90 Å². The summed E-state index contributed by atoms with van der Waals surface area (Å²) in [4.78, 5) is 34.4. The third-order valence-corrected chi connectivity index (χ3v) is 7.08. The van der Waals surface area contributed by atoms with Crippen LogP contribution < -0.4 is 10.2 Å². The molecule has 7 nitrogen and oxygen atoms in total. The van der Waals surface area contributed by atoms with Crippen molar-refractivity contribution in [2.24, 2.45) is 0 Å². The Morgan fingerprint density at radius 2 is 1.56 bits per heavy atom. The van der Waals surface area contributed by atoms with Crippen molar-refractivity contribution in [1.29, 1.82) is 0 Å². The van der Waals surface area contributed by atoms with E-state index in [9.17, 15) is 9.59 Å². The maximum absolute atomic E-state index is 13.5. The molecule has 2 fully saturated rings. The van der Waals surface area contributed by atoms with E-state index < -0.39 is 6.04 Å². The van der Waals surface area contributed by atoms with E-state index in [2.05, 4.69) is 22.2 Å². The summed E-state index contributed by atoms with van der Waals surface area (Å²) in [5.74, 6) is -0.469. The van der Waals surface area contributed by atoms with Crippen LogP contribution in [0.5, 0.6) is 0 Å². The molecule has 2 aromatic rings. The van der Waals surface area contributed by atoms with E-state index in [1.54, 1.807) is 48.5 Å². The summed E-state index contributed by atoms with van der Waals surface area (Å²) < 4.78 is 0. The van der Waals surface area contributed by atoms with Crippen LogP contribution in [0.1, 0.15) is 6.42 Å². The smallest absolute Gasteiger partial charge is 0.256 e. The molecule has 34 heavy (non-hydrogen) atoms. The predicted octanol–water partition coefficient (Wildman–Crippen LogP) is 3.57. The number of amides is 2. The lowest BCUT2D eigenvalue weighted by atomic mass is 10.1. The van der Waals surface area contributed by atoms with Gasteiger partial charge in [-0.2, -0.15) is 0 Å². The fraction of sp³-hybridized carbons (Fsp3) is 0.375. The van der Waals surface area contributed by atoms with Crippen LogP contribution in [0.4, 0.5) is 11.4 Å². The Morgan fingerprint density at radius 1 is 0.971 bits per heavy atom. The maximum atomic E-state index is 13.5. The SMILES string of the molecule is CN1CCN(CCN2C(=S)N(c3ccc(Cl)cc3)C(=O)[C@H]2CC(=O)Nc2ccc(Cl)cc2)CC1. The lowest BCUT2D eigenvalue weighted by Crippen LogP contribution is -2.48. The molecule has 2 aliphatic rings. The number of carbonyl (C=O) groups is 2. The largest absolute Gasteiger partial charge is 0.335 e. The van der Waals surface area contributed by atoms with Gasteiger partial charge in [-0.3, -0.25) is 19.4 Å². The molecule has 1 N–H and O–H groups in total. The Bertz CT molecular complexity index is 1040. The van der Waals surface area contributed by atoms with Gasteiger partial charge in [0, 0.05) is 55.0 Å². The Morgan fingerprint density at radius 3 is 2.18 bits per heavy atom. The van der Waals surface area contributed by atoms with Gasteiger partial charge in [-0.05, 0) is 67.8 Å². The Balaban J connectivity index is 1.50. The molecule has 2 aliphatic heterocycles. The van der Waals surface area contributed by atoms with Gasteiger partial charge in [0.05, 0.1) is 12.1 Å². The van der Waals surface area contributed by atoms with E-state index in [1.807, 2.05) is 4.90 Å². The number of benzene rings is 2. The van der Waals surface area contributed by atoms with Crippen LogP contribution in [0.3, 0.4) is 0 Å². The highest BCUT2D eigenvalue weighted by molar-refractivity contribution is 7.80. The zero-order valence-electron chi connectivity index (χ0n) is 18.9. The summed E-state index contributed by atoms with van der Waals surface area (Å²) in [6, 6.07) is 13.2.